The Hall–Kier alpha value is -3.29. The zero-order valence-corrected chi connectivity index (χ0v) is 14.8. The van der Waals surface area contributed by atoms with Gasteiger partial charge in [-0.2, -0.15) is 4.98 Å². The number of anilines is 1. The Labute approximate surface area is 156 Å². The molecule has 1 N–H and O–H groups in total. The maximum atomic E-state index is 12.6. The molecule has 0 unspecified atom stereocenters. The highest BCUT2D eigenvalue weighted by molar-refractivity contribution is 5.79. The molecule has 1 atom stereocenters. The molecule has 8 nitrogen and oxygen atoms in total. The van der Waals surface area contributed by atoms with Gasteiger partial charge in [0.05, 0.1) is 12.5 Å². The molecule has 0 aliphatic carbocycles. The van der Waals surface area contributed by atoms with Gasteiger partial charge in [0.25, 0.3) is 5.89 Å². The summed E-state index contributed by atoms with van der Waals surface area (Å²) in [6.45, 7) is 1.71. The number of carbonyl (C=O) groups excluding carboxylic acids is 1. The van der Waals surface area contributed by atoms with Crippen molar-refractivity contribution in [2.45, 2.75) is 19.4 Å². The number of benzene rings is 1. The quantitative estimate of drug-likeness (QED) is 0.740. The van der Waals surface area contributed by atoms with E-state index in [1.807, 2.05) is 30.3 Å². The highest BCUT2D eigenvalue weighted by atomic mass is 16.5. The van der Waals surface area contributed by atoms with Crippen LogP contribution in [0.1, 0.15) is 18.7 Å². The van der Waals surface area contributed by atoms with Gasteiger partial charge in [0.2, 0.25) is 11.9 Å². The topological polar surface area (TPSA) is 97.0 Å². The molecule has 1 fully saturated rings. The number of amides is 1. The Morgan fingerprint density at radius 1 is 1.19 bits per heavy atom. The number of nitrogens with zero attached hydrogens (tertiary/aromatic N) is 5. The smallest absolute Gasteiger partial charge is 0.257 e. The molecule has 1 amide bonds. The number of carbonyl (C=O) groups is 1. The van der Waals surface area contributed by atoms with Crippen LogP contribution < -0.4 is 10.2 Å². The van der Waals surface area contributed by atoms with Crippen LogP contribution in [0.5, 0.6) is 0 Å². The van der Waals surface area contributed by atoms with Gasteiger partial charge in [0.15, 0.2) is 5.82 Å². The molecule has 8 heteroatoms. The van der Waals surface area contributed by atoms with Gasteiger partial charge in [-0.05, 0) is 31.0 Å². The summed E-state index contributed by atoms with van der Waals surface area (Å²) in [4.78, 5) is 27.5. The zero-order chi connectivity index (χ0) is 18.5. The first-order chi connectivity index (χ1) is 13.3. The first-order valence-electron chi connectivity index (χ1n) is 8.97. The monoisotopic (exact) mass is 364 g/mol. The summed E-state index contributed by atoms with van der Waals surface area (Å²) in [5.41, 5.74) is 0.855. The summed E-state index contributed by atoms with van der Waals surface area (Å²) in [5.74, 6) is 1.46. The average Bonchev–Trinajstić information content (AvgIpc) is 3.22. The summed E-state index contributed by atoms with van der Waals surface area (Å²) in [5, 5.41) is 6.86. The molecule has 3 heterocycles. The Balaban J connectivity index is 1.33. The number of rotatable bonds is 5. The van der Waals surface area contributed by atoms with Crippen LogP contribution in [0.3, 0.4) is 0 Å². The van der Waals surface area contributed by atoms with E-state index in [1.54, 1.807) is 18.5 Å². The molecular formula is C19H20N6O2. The molecule has 27 heavy (non-hydrogen) atoms. The highest BCUT2D eigenvalue weighted by Crippen LogP contribution is 2.20. The van der Waals surface area contributed by atoms with Crippen molar-refractivity contribution in [2.24, 2.45) is 5.92 Å². The molecule has 138 valence electrons. The molecule has 1 aliphatic heterocycles. The molecule has 1 aromatic carbocycles. The van der Waals surface area contributed by atoms with Crippen molar-refractivity contribution in [1.29, 1.82) is 0 Å². The summed E-state index contributed by atoms with van der Waals surface area (Å²) < 4.78 is 5.27. The lowest BCUT2D eigenvalue weighted by molar-refractivity contribution is -0.125. The maximum Gasteiger partial charge on any atom is 0.257 e. The maximum absolute atomic E-state index is 12.6. The standard InChI is InChI=1S/C19H20N6O2/c26-17(15-8-4-11-25(13-15)19-20-9-5-10-21-19)22-12-16-23-18(27-24-16)14-6-2-1-3-7-14/h1-3,5-7,9-10,15H,4,8,11-13H2,(H,22,26)/t15-/m1/s1. The molecular weight excluding hydrogens is 344 g/mol. The van der Waals surface area contributed by atoms with E-state index in [-0.39, 0.29) is 18.4 Å². The fraction of sp³-hybridized carbons (Fsp3) is 0.316. The fourth-order valence-electron chi connectivity index (χ4n) is 3.16. The largest absolute Gasteiger partial charge is 0.348 e. The van der Waals surface area contributed by atoms with Crippen molar-refractivity contribution < 1.29 is 9.32 Å². The molecule has 0 saturated carbocycles. The van der Waals surface area contributed by atoms with Gasteiger partial charge < -0.3 is 14.7 Å². The number of hydrogen-bond acceptors (Lipinski definition) is 7. The molecule has 1 saturated heterocycles. The van der Waals surface area contributed by atoms with Crippen molar-refractivity contribution in [3.05, 3.63) is 54.6 Å². The van der Waals surface area contributed by atoms with E-state index in [9.17, 15) is 4.79 Å². The third-order valence-corrected chi connectivity index (χ3v) is 4.54. The van der Waals surface area contributed by atoms with Gasteiger partial charge >= 0.3 is 0 Å². The summed E-state index contributed by atoms with van der Waals surface area (Å²) in [6, 6.07) is 11.3. The SMILES string of the molecule is O=C(NCc1noc(-c2ccccc2)n1)[C@@H]1CCCN(c2ncccn2)C1. The Kier molecular flexibility index (Phi) is 5.04. The lowest BCUT2D eigenvalue weighted by Gasteiger charge is -2.31. The van der Waals surface area contributed by atoms with Crippen molar-refractivity contribution in [3.63, 3.8) is 0 Å². The minimum Gasteiger partial charge on any atom is -0.348 e. The van der Waals surface area contributed by atoms with Gasteiger partial charge in [-0.25, -0.2) is 9.97 Å². The zero-order valence-electron chi connectivity index (χ0n) is 14.8. The van der Waals surface area contributed by atoms with E-state index in [2.05, 4.69) is 30.3 Å². The van der Waals surface area contributed by atoms with E-state index in [4.69, 9.17) is 4.52 Å². The number of nitrogens with one attached hydrogen (secondary N) is 1. The van der Waals surface area contributed by atoms with Crippen LogP contribution >= 0.6 is 0 Å². The number of aromatic nitrogens is 4. The number of piperidine rings is 1. The fourth-order valence-corrected chi connectivity index (χ4v) is 3.16. The van der Waals surface area contributed by atoms with Crippen LogP contribution in [0.15, 0.2) is 53.3 Å². The molecule has 4 rings (SSSR count). The van der Waals surface area contributed by atoms with E-state index in [0.29, 0.717) is 24.2 Å². The summed E-state index contributed by atoms with van der Waals surface area (Å²) in [6.07, 6.45) is 5.20. The van der Waals surface area contributed by atoms with E-state index < -0.39 is 0 Å². The molecule has 0 radical (unpaired) electrons. The average molecular weight is 364 g/mol. The molecule has 2 aromatic heterocycles. The third-order valence-electron chi connectivity index (χ3n) is 4.54. The molecule has 3 aromatic rings. The van der Waals surface area contributed by atoms with Gasteiger partial charge in [-0.15, -0.1) is 0 Å². The summed E-state index contributed by atoms with van der Waals surface area (Å²) in [7, 11) is 0. The minimum absolute atomic E-state index is 0.0123. The first kappa shape index (κ1) is 17.1. The van der Waals surface area contributed by atoms with Crippen LogP contribution in [-0.4, -0.2) is 39.1 Å². The van der Waals surface area contributed by atoms with Crippen LogP contribution in [0.25, 0.3) is 11.5 Å². The second-order valence-corrected chi connectivity index (χ2v) is 6.43. The van der Waals surface area contributed by atoms with Crippen LogP contribution in [0.2, 0.25) is 0 Å². The van der Waals surface area contributed by atoms with Gasteiger partial charge in [-0.3, -0.25) is 4.79 Å². The summed E-state index contributed by atoms with van der Waals surface area (Å²) >= 11 is 0. The third kappa shape index (κ3) is 4.11. The van der Waals surface area contributed by atoms with Crippen molar-refractivity contribution in [3.8, 4) is 11.5 Å². The van der Waals surface area contributed by atoms with Crippen molar-refractivity contribution in [2.75, 3.05) is 18.0 Å². The minimum atomic E-state index is -0.108. The first-order valence-corrected chi connectivity index (χ1v) is 8.97. The predicted octanol–water partition coefficient (Wildman–Crippen LogP) is 2.06. The molecule has 0 bridgehead atoms. The Morgan fingerprint density at radius 2 is 2.00 bits per heavy atom. The normalized spacial score (nSPS) is 16.9. The van der Waals surface area contributed by atoms with E-state index in [0.717, 1.165) is 24.9 Å². The molecule has 0 spiro atoms. The van der Waals surface area contributed by atoms with Gasteiger partial charge in [0, 0.05) is 31.0 Å². The van der Waals surface area contributed by atoms with Crippen LogP contribution in [-0.2, 0) is 11.3 Å². The van der Waals surface area contributed by atoms with E-state index >= 15 is 0 Å². The molecule has 1 aliphatic rings. The van der Waals surface area contributed by atoms with Crippen molar-refractivity contribution in [1.82, 2.24) is 25.4 Å². The second-order valence-electron chi connectivity index (χ2n) is 6.43. The van der Waals surface area contributed by atoms with Crippen LogP contribution in [0.4, 0.5) is 5.95 Å². The second kappa shape index (κ2) is 7.94. The predicted molar refractivity (Wildman–Crippen MR) is 98.5 cm³/mol. The van der Waals surface area contributed by atoms with Crippen LogP contribution in [0, 0.1) is 5.92 Å². The Bertz CT molecular complexity index is 883. The van der Waals surface area contributed by atoms with E-state index in [1.165, 1.54) is 0 Å². The van der Waals surface area contributed by atoms with Gasteiger partial charge in [0.1, 0.15) is 0 Å². The van der Waals surface area contributed by atoms with Crippen molar-refractivity contribution >= 4 is 11.9 Å². The highest BCUT2D eigenvalue weighted by Gasteiger charge is 2.27. The Morgan fingerprint density at radius 3 is 2.81 bits per heavy atom. The number of hydrogen-bond donors (Lipinski definition) is 1. The lowest BCUT2D eigenvalue weighted by Crippen LogP contribution is -2.43. The van der Waals surface area contributed by atoms with Gasteiger partial charge in [-0.1, -0.05) is 23.4 Å². The lowest BCUT2D eigenvalue weighted by atomic mass is 9.97.